The molecule has 0 atom stereocenters. The van der Waals surface area contributed by atoms with E-state index in [0.717, 1.165) is 5.56 Å². The minimum Gasteiger partial charge on any atom is -0.326 e. The van der Waals surface area contributed by atoms with E-state index >= 15 is 0 Å². The molecule has 1 amide bonds. The lowest BCUT2D eigenvalue weighted by Crippen LogP contribution is -2.13. The van der Waals surface area contributed by atoms with Gasteiger partial charge in [0.05, 0.1) is 10.6 Å². The van der Waals surface area contributed by atoms with Crippen molar-refractivity contribution in [3.63, 3.8) is 0 Å². The van der Waals surface area contributed by atoms with Gasteiger partial charge in [-0.3, -0.25) is 9.52 Å². The summed E-state index contributed by atoms with van der Waals surface area (Å²) < 4.78 is 27.0. The summed E-state index contributed by atoms with van der Waals surface area (Å²) >= 11 is 0. The molecule has 2 rings (SSSR count). The molecule has 0 fully saturated rings. The number of hydrogen-bond acceptors (Lipinski definition) is 3. The van der Waals surface area contributed by atoms with Gasteiger partial charge in [0.25, 0.3) is 10.0 Å². The molecule has 0 unspecified atom stereocenters. The van der Waals surface area contributed by atoms with E-state index in [9.17, 15) is 13.2 Å². The molecule has 0 aliphatic heterocycles. The summed E-state index contributed by atoms with van der Waals surface area (Å²) in [4.78, 5) is 11.2. The van der Waals surface area contributed by atoms with E-state index in [4.69, 9.17) is 0 Å². The zero-order valence-corrected chi connectivity index (χ0v) is 12.6. The molecule has 0 aromatic heterocycles. The molecule has 0 aliphatic carbocycles. The lowest BCUT2D eigenvalue weighted by molar-refractivity contribution is -0.114. The van der Waals surface area contributed by atoms with Crippen LogP contribution in [0.25, 0.3) is 0 Å². The van der Waals surface area contributed by atoms with Crippen molar-refractivity contribution in [1.29, 1.82) is 0 Å². The van der Waals surface area contributed by atoms with Crippen molar-refractivity contribution in [3.05, 3.63) is 54.1 Å². The van der Waals surface area contributed by atoms with E-state index in [2.05, 4.69) is 10.0 Å². The number of anilines is 2. The van der Waals surface area contributed by atoms with Crippen LogP contribution in [0.1, 0.15) is 12.5 Å². The predicted octanol–water partition coefficient (Wildman–Crippen LogP) is 2.75. The van der Waals surface area contributed by atoms with Crippen molar-refractivity contribution in [2.75, 3.05) is 10.0 Å². The van der Waals surface area contributed by atoms with Crippen molar-refractivity contribution in [2.24, 2.45) is 0 Å². The average Bonchev–Trinajstić information content (AvgIpc) is 2.38. The van der Waals surface area contributed by atoms with Gasteiger partial charge in [-0.05, 0) is 37.3 Å². The van der Waals surface area contributed by atoms with Crippen molar-refractivity contribution >= 4 is 27.3 Å². The minimum absolute atomic E-state index is 0.193. The molecule has 21 heavy (non-hydrogen) atoms. The van der Waals surface area contributed by atoms with Gasteiger partial charge >= 0.3 is 0 Å². The molecular weight excluding hydrogens is 288 g/mol. The van der Waals surface area contributed by atoms with E-state index in [1.807, 2.05) is 6.92 Å². The van der Waals surface area contributed by atoms with Gasteiger partial charge in [-0.25, -0.2) is 8.42 Å². The summed E-state index contributed by atoms with van der Waals surface area (Å²) in [6.07, 6.45) is 0. The molecule has 2 aromatic carbocycles. The zero-order chi connectivity index (χ0) is 15.5. The summed E-state index contributed by atoms with van der Waals surface area (Å²) in [6.45, 7) is 3.28. The Morgan fingerprint density at radius 1 is 1.00 bits per heavy atom. The third kappa shape index (κ3) is 4.06. The smallest absolute Gasteiger partial charge is 0.261 e. The van der Waals surface area contributed by atoms with Crippen molar-refractivity contribution < 1.29 is 13.2 Å². The number of rotatable bonds is 4. The summed E-state index contributed by atoms with van der Waals surface area (Å²) in [5.74, 6) is -0.214. The number of aryl methyl sites for hydroxylation is 1. The first-order valence-corrected chi connectivity index (χ1v) is 7.82. The number of nitrogens with one attached hydrogen (secondary N) is 2. The zero-order valence-electron chi connectivity index (χ0n) is 11.8. The van der Waals surface area contributed by atoms with Crippen LogP contribution in [0.2, 0.25) is 0 Å². The minimum atomic E-state index is -3.64. The molecule has 0 saturated heterocycles. The quantitative estimate of drug-likeness (QED) is 0.912. The lowest BCUT2D eigenvalue weighted by Gasteiger charge is -2.10. The molecule has 110 valence electrons. The van der Waals surface area contributed by atoms with Crippen molar-refractivity contribution in [3.8, 4) is 0 Å². The number of carbonyl (C=O) groups excluding carboxylic acids is 1. The first-order valence-electron chi connectivity index (χ1n) is 6.34. The van der Waals surface area contributed by atoms with Crippen LogP contribution in [0, 0.1) is 6.92 Å². The van der Waals surface area contributed by atoms with Crippen LogP contribution < -0.4 is 10.0 Å². The summed E-state index contributed by atoms with van der Waals surface area (Å²) in [5.41, 5.74) is 1.91. The monoisotopic (exact) mass is 304 g/mol. The van der Waals surface area contributed by atoms with Crippen molar-refractivity contribution in [1.82, 2.24) is 0 Å². The van der Waals surface area contributed by atoms with Gasteiger partial charge in [0, 0.05) is 12.6 Å². The highest BCUT2D eigenvalue weighted by Crippen LogP contribution is 2.19. The maximum Gasteiger partial charge on any atom is 0.261 e. The van der Waals surface area contributed by atoms with Crippen LogP contribution in [-0.2, 0) is 14.8 Å². The fourth-order valence-electron chi connectivity index (χ4n) is 1.80. The van der Waals surface area contributed by atoms with Gasteiger partial charge in [0.1, 0.15) is 0 Å². The molecule has 2 aromatic rings. The molecular formula is C15H16N2O3S. The van der Waals surface area contributed by atoms with E-state index in [0.29, 0.717) is 11.4 Å². The van der Waals surface area contributed by atoms with Gasteiger partial charge in [0.15, 0.2) is 0 Å². The van der Waals surface area contributed by atoms with Crippen LogP contribution in [0.3, 0.4) is 0 Å². The highest BCUT2D eigenvalue weighted by molar-refractivity contribution is 7.92. The molecule has 0 saturated carbocycles. The number of hydrogen-bond donors (Lipinski definition) is 2. The van der Waals surface area contributed by atoms with Crippen LogP contribution >= 0.6 is 0 Å². The maximum atomic E-state index is 12.2. The Morgan fingerprint density at radius 3 is 2.24 bits per heavy atom. The fourth-order valence-corrected chi connectivity index (χ4v) is 2.84. The maximum absolute atomic E-state index is 12.2. The molecule has 0 aliphatic rings. The van der Waals surface area contributed by atoms with Crippen LogP contribution in [-0.4, -0.2) is 14.3 Å². The number of amides is 1. The highest BCUT2D eigenvalue weighted by atomic mass is 32.2. The fraction of sp³-hybridized carbons (Fsp3) is 0.133. The standard InChI is InChI=1S/C15H16N2O3S/c1-11-6-8-15(9-7-11)21(19,20)17-14-5-3-4-13(10-14)16-12(2)18/h3-10,17H,1-2H3,(H,16,18). The van der Waals surface area contributed by atoms with E-state index in [1.54, 1.807) is 48.5 Å². The van der Waals surface area contributed by atoms with Crippen LogP contribution in [0.4, 0.5) is 11.4 Å². The Hall–Kier alpha value is -2.34. The van der Waals surface area contributed by atoms with Crippen LogP contribution in [0.5, 0.6) is 0 Å². The lowest BCUT2D eigenvalue weighted by atomic mass is 10.2. The first-order chi connectivity index (χ1) is 9.87. The van der Waals surface area contributed by atoms with Gasteiger partial charge < -0.3 is 5.32 Å². The van der Waals surface area contributed by atoms with Crippen molar-refractivity contribution in [2.45, 2.75) is 18.7 Å². The Kier molecular flexibility index (Phi) is 4.28. The van der Waals surface area contributed by atoms with Crippen LogP contribution in [0.15, 0.2) is 53.4 Å². The summed E-state index contributed by atoms with van der Waals surface area (Å²) in [7, 11) is -3.64. The number of sulfonamides is 1. The van der Waals surface area contributed by atoms with Gasteiger partial charge in [-0.1, -0.05) is 23.8 Å². The molecule has 0 radical (unpaired) electrons. The van der Waals surface area contributed by atoms with Gasteiger partial charge in [-0.15, -0.1) is 0 Å². The molecule has 2 N–H and O–H groups in total. The molecule has 0 heterocycles. The van der Waals surface area contributed by atoms with E-state index in [-0.39, 0.29) is 10.8 Å². The largest absolute Gasteiger partial charge is 0.326 e. The molecule has 5 nitrogen and oxygen atoms in total. The topological polar surface area (TPSA) is 75.3 Å². The Labute approximate surface area is 124 Å². The third-order valence-corrected chi connectivity index (χ3v) is 4.16. The second-order valence-corrected chi connectivity index (χ2v) is 6.36. The number of benzene rings is 2. The van der Waals surface area contributed by atoms with Gasteiger partial charge in [0.2, 0.25) is 5.91 Å². The van der Waals surface area contributed by atoms with E-state index < -0.39 is 10.0 Å². The summed E-state index contributed by atoms with van der Waals surface area (Å²) in [6, 6.07) is 13.1. The first kappa shape index (κ1) is 15.1. The molecule has 0 spiro atoms. The molecule has 0 bridgehead atoms. The normalized spacial score (nSPS) is 11.0. The SMILES string of the molecule is CC(=O)Nc1cccc(NS(=O)(=O)c2ccc(C)cc2)c1. The Balaban J connectivity index is 2.24. The summed E-state index contributed by atoms with van der Waals surface area (Å²) in [5, 5.41) is 2.60. The molecule has 6 heteroatoms. The Morgan fingerprint density at radius 2 is 1.62 bits per heavy atom. The second kappa shape index (κ2) is 5.97. The van der Waals surface area contributed by atoms with Gasteiger partial charge in [-0.2, -0.15) is 0 Å². The van der Waals surface area contributed by atoms with E-state index in [1.165, 1.54) is 6.92 Å². The second-order valence-electron chi connectivity index (χ2n) is 4.68. The predicted molar refractivity (Wildman–Crippen MR) is 82.7 cm³/mol. The highest BCUT2D eigenvalue weighted by Gasteiger charge is 2.13. The average molecular weight is 304 g/mol. The third-order valence-electron chi connectivity index (χ3n) is 2.77. The Bertz CT molecular complexity index is 753. The number of carbonyl (C=O) groups is 1.